The highest BCUT2D eigenvalue weighted by molar-refractivity contribution is 7.80. The van der Waals surface area contributed by atoms with E-state index in [0.29, 0.717) is 15.5 Å². The number of nitrogens with zero attached hydrogens (tertiary/aromatic N) is 9. The van der Waals surface area contributed by atoms with Gasteiger partial charge in [-0.2, -0.15) is 0 Å². The Hall–Kier alpha value is -2.31. The van der Waals surface area contributed by atoms with Crippen LogP contribution in [0.3, 0.4) is 0 Å². The van der Waals surface area contributed by atoms with E-state index in [1.54, 1.807) is 0 Å². The van der Waals surface area contributed by atoms with Crippen LogP contribution in [0, 0.1) is 0 Å². The zero-order valence-corrected chi connectivity index (χ0v) is 23.6. The quantitative estimate of drug-likeness (QED) is 0.198. The Balaban J connectivity index is 1.90. The van der Waals surface area contributed by atoms with Gasteiger partial charge in [-0.05, 0) is 37.5 Å². The van der Waals surface area contributed by atoms with Crippen LogP contribution in [0.4, 0.5) is 0 Å². The predicted octanol–water partition coefficient (Wildman–Crippen LogP) is 5.73. The van der Waals surface area contributed by atoms with Crippen molar-refractivity contribution in [3.05, 3.63) is 18.2 Å². The van der Waals surface area contributed by atoms with E-state index in [1.165, 1.54) is 0 Å². The summed E-state index contributed by atoms with van der Waals surface area (Å²) >= 11 is 13.7. The highest BCUT2D eigenvalue weighted by Crippen LogP contribution is 2.33. The van der Waals surface area contributed by atoms with E-state index in [2.05, 4.69) is 107 Å². The molecule has 0 atom stereocenters. The second-order valence-electron chi connectivity index (χ2n) is 8.79. The van der Waals surface area contributed by atoms with Crippen LogP contribution in [0.1, 0.15) is 59.3 Å². The van der Waals surface area contributed by atoms with Gasteiger partial charge < -0.3 is 13.7 Å². The first-order valence-electron chi connectivity index (χ1n) is 12.5. The van der Waals surface area contributed by atoms with Gasteiger partial charge in [-0.3, -0.25) is 0 Å². The average Bonchev–Trinajstić information content (AvgIpc) is 3.56. The van der Waals surface area contributed by atoms with Crippen LogP contribution in [-0.2, 0) is 19.6 Å². The molecule has 0 saturated carbocycles. The first kappa shape index (κ1) is 26.7. The molecule has 0 N–H and O–H groups in total. The number of unbranched alkanes of at least 4 members (excludes halogenated alkanes) is 3. The van der Waals surface area contributed by atoms with Gasteiger partial charge in [-0.15, -0.1) is 68.5 Å². The van der Waals surface area contributed by atoms with Gasteiger partial charge in [0.15, 0.2) is 32.9 Å². The molecule has 9 nitrogen and oxygen atoms in total. The zero-order valence-electron chi connectivity index (χ0n) is 21.0. The molecular weight excluding hydrogens is 511 g/mol. The molecule has 0 radical (unpaired) electrons. The van der Waals surface area contributed by atoms with Crippen LogP contribution in [-0.4, -0.2) is 44.3 Å². The van der Waals surface area contributed by atoms with Crippen LogP contribution >= 0.6 is 37.9 Å². The van der Waals surface area contributed by atoms with Crippen molar-refractivity contribution in [2.45, 2.75) is 94.4 Å². The van der Waals surface area contributed by atoms with Crippen molar-refractivity contribution in [2.75, 3.05) is 0 Å². The lowest BCUT2D eigenvalue weighted by Crippen LogP contribution is -2.05. The summed E-state index contributed by atoms with van der Waals surface area (Å²) in [6, 6.07) is 6.24. The molecule has 36 heavy (non-hydrogen) atoms. The Morgan fingerprint density at radius 1 is 0.500 bits per heavy atom. The Bertz CT molecular complexity index is 1140. The molecule has 12 heteroatoms. The highest BCUT2D eigenvalue weighted by atomic mass is 32.1. The molecule has 0 aliphatic heterocycles. The van der Waals surface area contributed by atoms with Crippen molar-refractivity contribution >= 4 is 37.9 Å². The highest BCUT2D eigenvalue weighted by Gasteiger charge is 2.20. The summed E-state index contributed by atoms with van der Waals surface area (Å²) in [4.78, 5) is 0. The molecule has 1 aromatic carbocycles. The molecule has 3 aromatic heterocycles. The topological polar surface area (TPSA) is 92.1 Å². The van der Waals surface area contributed by atoms with Crippen molar-refractivity contribution in [1.29, 1.82) is 0 Å². The minimum absolute atomic E-state index is 0.595. The fourth-order valence-corrected chi connectivity index (χ4v) is 4.82. The Labute approximate surface area is 228 Å². The van der Waals surface area contributed by atoms with Crippen molar-refractivity contribution in [3.8, 4) is 34.2 Å². The lowest BCUT2D eigenvalue weighted by molar-refractivity contribution is 0.591. The number of hydrogen-bond donors (Lipinski definition) is 3. The van der Waals surface area contributed by atoms with Crippen LogP contribution in [0.5, 0.6) is 0 Å². The van der Waals surface area contributed by atoms with E-state index in [0.717, 1.165) is 92.3 Å². The molecule has 3 heterocycles. The van der Waals surface area contributed by atoms with Gasteiger partial charge in [0.1, 0.15) is 0 Å². The molecule has 0 unspecified atom stereocenters. The second kappa shape index (κ2) is 12.3. The van der Waals surface area contributed by atoms with Crippen LogP contribution in [0.15, 0.2) is 33.7 Å². The predicted molar refractivity (Wildman–Crippen MR) is 150 cm³/mol. The maximum Gasteiger partial charge on any atom is 0.188 e. The average molecular weight is 544 g/mol. The lowest BCUT2D eigenvalue weighted by Gasteiger charge is -2.13. The summed E-state index contributed by atoms with van der Waals surface area (Å²) in [6.07, 6.45) is 6.21. The van der Waals surface area contributed by atoms with Crippen molar-refractivity contribution in [2.24, 2.45) is 0 Å². The third-order valence-corrected chi connectivity index (χ3v) is 7.10. The fourth-order valence-electron chi connectivity index (χ4n) is 4.11. The minimum Gasteiger partial charge on any atom is -0.302 e. The maximum absolute atomic E-state index is 4.57. The van der Waals surface area contributed by atoms with Gasteiger partial charge in [0.05, 0.1) is 0 Å². The standard InChI is InChI=1S/C24H33N9S3/c1-4-7-10-31-19(25-28-22(31)34)16-13-17(20-26-29-23(35)32(20)11-8-5-2)15-18(14-16)21-27-30-24(36)33(21)12-9-6-3/h13-15H,4-12H2,1-3H3,(H,28,34)(H,29,35)(H,30,36). The molecule has 0 saturated heterocycles. The molecule has 0 aliphatic carbocycles. The second-order valence-corrected chi connectivity index (χ2v) is 9.99. The largest absolute Gasteiger partial charge is 0.302 e. The van der Waals surface area contributed by atoms with E-state index >= 15 is 0 Å². The molecule has 192 valence electrons. The molecule has 4 aromatic rings. The van der Waals surface area contributed by atoms with Crippen LogP contribution in [0.2, 0.25) is 0 Å². The first-order valence-corrected chi connectivity index (χ1v) is 13.8. The van der Waals surface area contributed by atoms with E-state index in [4.69, 9.17) is 0 Å². The van der Waals surface area contributed by atoms with E-state index in [-0.39, 0.29) is 0 Å². The van der Waals surface area contributed by atoms with E-state index in [1.807, 2.05) is 13.7 Å². The Morgan fingerprint density at radius 3 is 1.03 bits per heavy atom. The summed E-state index contributed by atoms with van der Waals surface area (Å²) in [5.41, 5.74) is 2.72. The normalized spacial score (nSPS) is 11.5. The molecular formula is C24H33N9S3. The summed E-state index contributed by atoms with van der Waals surface area (Å²) in [7, 11) is 0. The number of rotatable bonds is 12. The maximum atomic E-state index is 4.57. The SMILES string of the molecule is CCCCn1c(S)nnc1-c1cc(-c2nnc(S)n2CCCC)cc(-c2nnc(S)n2CCCC)c1. The smallest absolute Gasteiger partial charge is 0.188 e. The van der Waals surface area contributed by atoms with Crippen molar-refractivity contribution < 1.29 is 0 Å². The van der Waals surface area contributed by atoms with Gasteiger partial charge in [-0.25, -0.2) is 0 Å². The number of benzene rings is 1. The molecule has 0 fully saturated rings. The Kier molecular flexibility index (Phi) is 9.13. The molecule has 0 spiro atoms. The number of hydrogen-bond acceptors (Lipinski definition) is 9. The Morgan fingerprint density at radius 2 is 0.778 bits per heavy atom. The van der Waals surface area contributed by atoms with Crippen molar-refractivity contribution in [3.63, 3.8) is 0 Å². The first-order chi connectivity index (χ1) is 17.5. The lowest BCUT2D eigenvalue weighted by atomic mass is 10.0. The summed E-state index contributed by atoms with van der Waals surface area (Å²) in [5, 5.41) is 28.0. The van der Waals surface area contributed by atoms with Gasteiger partial charge in [0, 0.05) is 36.3 Å². The van der Waals surface area contributed by atoms with Crippen LogP contribution < -0.4 is 0 Å². The third kappa shape index (κ3) is 5.65. The fraction of sp³-hybridized carbons (Fsp3) is 0.500. The van der Waals surface area contributed by atoms with Gasteiger partial charge in [0.2, 0.25) is 0 Å². The monoisotopic (exact) mass is 543 g/mol. The molecule has 0 bridgehead atoms. The third-order valence-electron chi connectivity index (χ3n) is 6.11. The summed E-state index contributed by atoms with van der Waals surface area (Å²) in [5.74, 6) is 2.27. The van der Waals surface area contributed by atoms with Gasteiger partial charge >= 0.3 is 0 Å². The summed E-state index contributed by atoms with van der Waals surface area (Å²) in [6.45, 7) is 8.86. The minimum atomic E-state index is 0.595. The number of aromatic nitrogens is 9. The van der Waals surface area contributed by atoms with Crippen LogP contribution in [0.25, 0.3) is 34.2 Å². The summed E-state index contributed by atoms with van der Waals surface area (Å²) < 4.78 is 6.15. The van der Waals surface area contributed by atoms with E-state index in [9.17, 15) is 0 Å². The van der Waals surface area contributed by atoms with Crippen molar-refractivity contribution in [1.82, 2.24) is 44.3 Å². The molecule has 4 rings (SSSR count). The zero-order chi connectivity index (χ0) is 25.7. The van der Waals surface area contributed by atoms with Gasteiger partial charge in [-0.1, -0.05) is 40.0 Å². The molecule has 0 amide bonds. The van der Waals surface area contributed by atoms with Gasteiger partial charge in [0.25, 0.3) is 0 Å². The number of thiol groups is 3. The van der Waals surface area contributed by atoms with E-state index < -0.39 is 0 Å². The molecule has 0 aliphatic rings.